The Morgan fingerprint density at radius 1 is 1.09 bits per heavy atom. The van der Waals surface area contributed by atoms with Crippen LogP contribution in [0.2, 0.25) is 10.0 Å². The van der Waals surface area contributed by atoms with Crippen molar-refractivity contribution in [1.82, 2.24) is 14.8 Å². The Labute approximate surface area is 150 Å². The number of halogens is 2. The van der Waals surface area contributed by atoms with Crippen molar-refractivity contribution in [3.63, 3.8) is 0 Å². The Hall–Kier alpha value is -0.910. The minimum Gasteiger partial charge on any atom is -0.341 e. The molecule has 0 N–H and O–H groups in total. The van der Waals surface area contributed by atoms with Crippen LogP contribution in [-0.4, -0.2) is 27.9 Å². The second-order valence-corrected chi connectivity index (χ2v) is 7.87. The van der Waals surface area contributed by atoms with E-state index in [9.17, 15) is 0 Å². The molecule has 1 aromatic heterocycles. The van der Waals surface area contributed by atoms with Crippen LogP contribution >= 0.6 is 35.0 Å². The molecule has 0 amide bonds. The fraction of sp³-hybridized carbons (Fsp3) is 0.500. The van der Waals surface area contributed by atoms with E-state index in [1.807, 2.05) is 18.2 Å². The van der Waals surface area contributed by atoms with Gasteiger partial charge in [0.25, 0.3) is 0 Å². The third-order valence-electron chi connectivity index (χ3n) is 4.30. The maximum absolute atomic E-state index is 6.10. The van der Waals surface area contributed by atoms with Gasteiger partial charge < -0.3 is 4.90 Å². The van der Waals surface area contributed by atoms with Crippen LogP contribution in [0.4, 0.5) is 5.95 Å². The molecule has 0 bridgehead atoms. The van der Waals surface area contributed by atoms with Gasteiger partial charge in [-0.05, 0) is 43.4 Å². The fourth-order valence-electron chi connectivity index (χ4n) is 2.93. The van der Waals surface area contributed by atoms with E-state index in [2.05, 4.69) is 19.7 Å². The average Bonchev–Trinajstić information content (AvgIpc) is 3.08. The number of aromatic nitrogens is 3. The van der Waals surface area contributed by atoms with Crippen LogP contribution in [0.15, 0.2) is 23.4 Å². The molecule has 23 heavy (non-hydrogen) atoms. The van der Waals surface area contributed by atoms with Gasteiger partial charge in [-0.3, -0.25) is 4.57 Å². The molecule has 2 aliphatic rings. The predicted octanol–water partition coefficient (Wildman–Crippen LogP) is 4.81. The number of rotatable bonds is 5. The zero-order chi connectivity index (χ0) is 15.8. The lowest BCUT2D eigenvalue weighted by Gasteiger charge is -2.18. The molecular formula is C16H18Cl2N4S. The molecule has 4 rings (SSSR count). The summed E-state index contributed by atoms with van der Waals surface area (Å²) in [7, 11) is 0. The second-order valence-electron chi connectivity index (χ2n) is 6.12. The van der Waals surface area contributed by atoms with Crippen LogP contribution in [0.5, 0.6) is 0 Å². The Bertz CT molecular complexity index is 708. The van der Waals surface area contributed by atoms with Gasteiger partial charge in [0.2, 0.25) is 5.95 Å². The van der Waals surface area contributed by atoms with Crippen molar-refractivity contribution in [2.75, 3.05) is 18.0 Å². The standard InChI is InChI=1S/C16H18Cl2N4S/c17-13-6-3-11(9-14(13)18)10-23-16-20-19-15(21-7-1-2-8-21)22(16)12-4-5-12/h3,6,9,12H,1-2,4-5,7-8,10H2. The highest BCUT2D eigenvalue weighted by atomic mass is 35.5. The zero-order valence-corrected chi connectivity index (χ0v) is 15.0. The smallest absolute Gasteiger partial charge is 0.228 e. The lowest BCUT2D eigenvalue weighted by Crippen LogP contribution is -2.22. The molecule has 0 unspecified atom stereocenters. The van der Waals surface area contributed by atoms with E-state index in [-0.39, 0.29) is 0 Å². The average molecular weight is 369 g/mol. The van der Waals surface area contributed by atoms with E-state index in [0.717, 1.165) is 35.5 Å². The Morgan fingerprint density at radius 3 is 2.57 bits per heavy atom. The summed E-state index contributed by atoms with van der Waals surface area (Å²) >= 11 is 13.8. The molecule has 1 aromatic carbocycles. The summed E-state index contributed by atoms with van der Waals surface area (Å²) in [5.41, 5.74) is 1.15. The molecule has 1 saturated heterocycles. The third-order valence-corrected chi connectivity index (χ3v) is 6.05. The van der Waals surface area contributed by atoms with Crippen LogP contribution in [0.3, 0.4) is 0 Å². The number of anilines is 1. The van der Waals surface area contributed by atoms with E-state index in [0.29, 0.717) is 16.1 Å². The van der Waals surface area contributed by atoms with Crippen LogP contribution in [0.1, 0.15) is 37.3 Å². The van der Waals surface area contributed by atoms with Gasteiger partial charge in [-0.15, -0.1) is 10.2 Å². The molecule has 0 atom stereocenters. The SMILES string of the molecule is Clc1ccc(CSc2nnc(N3CCCC3)n2C2CC2)cc1Cl. The van der Waals surface area contributed by atoms with Crippen molar-refractivity contribution in [2.45, 2.75) is 42.6 Å². The van der Waals surface area contributed by atoms with E-state index >= 15 is 0 Å². The van der Waals surface area contributed by atoms with E-state index in [1.165, 1.54) is 25.7 Å². The van der Waals surface area contributed by atoms with Crippen molar-refractivity contribution < 1.29 is 0 Å². The number of hydrogen-bond acceptors (Lipinski definition) is 4. The molecule has 0 radical (unpaired) electrons. The summed E-state index contributed by atoms with van der Waals surface area (Å²) in [4.78, 5) is 2.37. The normalized spacial score (nSPS) is 17.9. The Kier molecular flexibility index (Phi) is 4.43. The maximum Gasteiger partial charge on any atom is 0.228 e. The highest BCUT2D eigenvalue weighted by Gasteiger charge is 2.32. The molecule has 0 spiro atoms. The van der Waals surface area contributed by atoms with Crippen molar-refractivity contribution in [3.8, 4) is 0 Å². The van der Waals surface area contributed by atoms with Gasteiger partial charge in [0.1, 0.15) is 0 Å². The van der Waals surface area contributed by atoms with Gasteiger partial charge in [-0.25, -0.2) is 0 Å². The summed E-state index contributed by atoms with van der Waals surface area (Å²) < 4.78 is 2.34. The molecular weight excluding hydrogens is 351 g/mol. The van der Waals surface area contributed by atoms with E-state index in [4.69, 9.17) is 23.2 Å². The van der Waals surface area contributed by atoms with Gasteiger partial charge in [-0.2, -0.15) is 0 Å². The van der Waals surface area contributed by atoms with Crippen molar-refractivity contribution in [2.24, 2.45) is 0 Å². The van der Waals surface area contributed by atoms with Gasteiger partial charge in [0, 0.05) is 24.9 Å². The van der Waals surface area contributed by atoms with Crippen molar-refractivity contribution in [3.05, 3.63) is 33.8 Å². The molecule has 1 saturated carbocycles. The topological polar surface area (TPSA) is 34.0 Å². The molecule has 2 heterocycles. The number of benzene rings is 1. The summed E-state index contributed by atoms with van der Waals surface area (Å²) in [6, 6.07) is 6.37. The van der Waals surface area contributed by atoms with Gasteiger partial charge in [0.05, 0.1) is 10.0 Å². The summed E-state index contributed by atoms with van der Waals surface area (Å²) in [6.07, 6.45) is 4.98. The first-order valence-electron chi connectivity index (χ1n) is 7.99. The number of thioether (sulfide) groups is 1. The van der Waals surface area contributed by atoms with Crippen LogP contribution in [0, 0.1) is 0 Å². The van der Waals surface area contributed by atoms with Gasteiger partial charge >= 0.3 is 0 Å². The summed E-state index contributed by atoms with van der Waals surface area (Å²) in [6.45, 7) is 2.20. The lowest BCUT2D eigenvalue weighted by molar-refractivity contribution is 0.651. The maximum atomic E-state index is 6.10. The van der Waals surface area contributed by atoms with Gasteiger partial charge in [-0.1, -0.05) is 41.0 Å². The van der Waals surface area contributed by atoms with Crippen molar-refractivity contribution in [1.29, 1.82) is 0 Å². The molecule has 2 aromatic rings. The third kappa shape index (κ3) is 3.32. The highest BCUT2D eigenvalue weighted by molar-refractivity contribution is 7.98. The minimum atomic E-state index is 0.580. The molecule has 122 valence electrons. The number of nitrogens with zero attached hydrogens (tertiary/aromatic N) is 4. The monoisotopic (exact) mass is 368 g/mol. The zero-order valence-electron chi connectivity index (χ0n) is 12.7. The van der Waals surface area contributed by atoms with E-state index in [1.54, 1.807) is 11.8 Å². The molecule has 1 aliphatic carbocycles. The van der Waals surface area contributed by atoms with E-state index < -0.39 is 0 Å². The second kappa shape index (κ2) is 6.54. The number of hydrogen-bond donors (Lipinski definition) is 0. The molecule has 2 fully saturated rings. The first-order chi connectivity index (χ1) is 11.2. The largest absolute Gasteiger partial charge is 0.341 e. The molecule has 4 nitrogen and oxygen atoms in total. The lowest BCUT2D eigenvalue weighted by atomic mass is 10.2. The van der Waals surface area contributed by atoms with Crippen molar-refractivity contribution >= 4 is 40.9 Å². The van der Waals surface area contributed by atoms with Crippen LogP contribution < -0.4 is 4.90 Å². The minimum absolute atomic E-state index is 0.580. The first kappa shape index (κ1) is 15.6. The van der Waals surface area contributed by atoms with Crippen LogP contribution in [0.25, 0.3) is 0 Å². The quantitative estimate of drug-likeness (QED) is 0.708. The first-order valence-corrected chi connectivity index (χ1v) is 9.73. The summed E-state index contributed by atoms with van der Waals surface area (Å²) in [5.74, 6) is 1.88. The highest BCUT2D eigenvalue weighted by Crippen LogP contribution is 2.42. The fourth-order valence-corrected chi connectivity index (χ4v) is 4.19. The van der Waals surface area contributed by atoms with Crippen LogP contribution in [-0.2, 0) is 5.75 Å². The Morgan fingerprint density at radius 2 is 1.87 bits per heavy atom. The Balaban J connectivity index is 1.53. The molecule has 1 aliphatic heterocycles. The molecule has 7 heteroatoms. The van der Waals surface area contributed by atoms with Gasteiger partial charge in [0.15, 0.2) is 5.16 Å². The summed E-state index contributed by atoms with van der Waals surface area (Å²) in [5, 5.41) is 11.1. The predicted molar refractivity (Wildman–Crippen MR) is 95.8 cm³/mol.